The second-order valence-electron chi connectivity index (χ2n) is 4.00. The standard InChI is InChI=1S/C10H10N4O4S/c1-6-9(14(17)18)10(19)12(11-6)7-2-4-8(5-3-7)13(15)16/h2-5,9-10,19H,1H3. The lowest BCUT2D eigenvalue weighted by atomic mass is 10.2. The van der Waals surface area contributed by atoms with Crippen molar-refractivity contribution in [3.63, 3.8) is 0 Å². The van der Waals surface area contributed by atoms with Gasteiger partial charge in [-0.25, -0.2) is 5.01 Å². The number of nitro benzene ring substituents is 1. The zero-order valence-corrected chi connectivity index (χ0v) is 10.7. The van der Waals surface area contributed by atoms with E-state index in [1.807, 2.05) is 0 Å². The van der Waals surface area contributed by atoms with Gasteiger partial charge in [0.05, 0.1) is 10.6 Å². The van der Waals surface area contributed by atoms with Crippen LogP contribution >= 0.6 is 12.6 Å². The van der Waals surface area contributed by atoms with Crippen molar-refractivity contribution in [3.05, 3.63) is 44.5 Å². The van der Waals surface area contributed by atoms with Gasteiger partial charge in [-0.2, -0.15) is 5.10 Å². The van der Waals surface area contributed by atoms with Crippen molar-refractivity contribution >= 4 is 29.7 Å². The summed E-state index contributed by atoms with van der Waals surface area (Å²) in [5.74, 6) is 0. The van der Waals surface area contributed by atoms with Crippen molar-refractivity contribution in [2.45, 2.75) is 18.3 Å². The van der Waals surface area contributed by atoms with E-state index < -0.39 is 21.3 Å². The lowest BCUT2D eigenvalue weighted by Crippen LogP contribution is -2.38. The number of hydrogen-bond donors (Lipinski definition) is 1. The lowest BCUT2D eigenvalue weighted by Gasteiger charge is -2.19. The molecule has 8 nitrogen and oxygen atoms in total. The van der Waals surface area contributed by atoms with Gasteiger partial charge in [0.2, 0.25) is 0 Å². The van der Waals surface area contributed by atoms with Crippen LogP contribution in [0.5, 0.6) is 0 Å². The predicted molar refractivity (Wildman–Crippen MR) is 72.2 cm³/mol. The molecule has 0 saturated heterocycles. The molecule has 19 heavy (non-hydrogen) atoms. The summed E-state index contributed by atoms with van der Waals surface area (Å²) in [4.78, 5) is 20.5. The average molecular weight is 282 g/mol. The van der Waals surface area contributed by atoms with E-state index in [2.05, 4.69) is 17.7 Å². The first-order valence-electron chi connectivity index (χ1n) is 5.32. The number of rotatable bonds is 3. The highest BCUT2D eigenvalue weighted by Gasteiger charge is 2.42. The maximum absolute atomic E-state index is 10.9. The molecule has 1 aliphatic heterocycles. The number of benzene rings is 1. The van der Waals surface area contributed by atoms with Gasteiger partial charge in [-0.05, 0) is 19.1 Å². The Morgan fingerprint density at radius 1 is 1.26 bits per heavy atom. The molecule has 100 valence electrons. The summed E-state index contributed by atoms with van der Waals surface area (Å²) in [6.45, 7) is 1.56. The van der Waals surface area contributed by atoms with E-state index >= 15 is 0 Å². The minimum absolute atomic E-state index is 0.0508. The molecule has 0 spiro atoms. The van der Waals surface area contributed by atoms with E-state index in [0.29, 0.717) is 11.4 Å². The molecule has 9 heteroatoms. The summed E-state index contributed by atoms with van der Waals surface area (Å²) in [5.41, 5.74) is 0.822. The summed E-state index contributed by atoms with van der Waals surface area (Å²) in [6, 6.07) is 4.62. The molecule has 1 aliphatic rings. The lowest BCUT2D eigenvalue weighted by molar-refractivity contribution is -0.500. The van der Waals surface area contributed by atoms with Gasteiger partial charge in [-0.15, -0.1) is 12.6 Å². The second kappa shape index (κ2) is 4.84. The highest BCUT2D eigenvalue weighted by Crippen LogP contribution is 2.29. The first-order chi connectivity index (χ1) is 8.91. The van der Waals surface area contributed by atoms with Gasteiger partial charge in [-0.1, -0.05) is 0 Å². The van der Waals surface area contributed by atoms with Gasteiger partial charge >= 0.3 is 0 Å². The molecule has 0 N–H and O–H groups in total. The minimum Gasteiger partial charge on any atom is -0.264 e. The van der Waals surface area contributed by atoms with Crippen LogP contribution < -0.4 is 5.01 Å². The van der Waals surface area contributed by atoms with Gasteiger partial charge in [-0.3, -0.25) is 20.2 Å². The minimum atomic E-state index is -0.987. The molecule has 0 aromatic heterocycles. The van der Waals surface area contributed by atoms with Crippen LogP contribution in [0.1, 0.15) is 6.92 Å². The highest BCUT2D eigenvalue weighted by atomic mass is 32.1. The number of nitro groups is 2. The zero-order chi connectivity index (χ0) is 14.2. The van der Waals surface area contributed by atoms with Crippen molar-refractivity contribution < 1.29 is 9.85 Å². The Morgan fingerprint density at radius 2 is 1.84 bits per heavy atom. The van der Waals surface area contributed by atoms with Gasteiger partial charge < -0.3 is 0 Å². The third-order valence-electron chi connectivity index (χ3n) is 2.78. The molecular weight excluding hydrogens is 272 g/mol. The van der Waals surface area contributed by atoms with Crippen LogP contribution in [0.25, 0.3) is 0 Å². The van der Waals surface area contributed by atoms with Crippen molar-refractivity contribution in [1.82, 2.24) is 0 Å². The Balaban J connectivity index is 2.28. The molecule has 0 radical (unpaired) electrons. The maximum Gasteiger partial charge on any atom is 0.283 e. The molecular formula is C10H10N4O4S. The predicted octanol–water partition coefficient (Wildman–Crippen LogP) is 1.69. The summed E-state index contributed by atoms with van der Waals surface area (Å²) in [5, 5.41) is 26.2. The van der Waals surface area contributed by atoms with Gasteiger partial charge in [0.25, 0.3) is 11.7 Å². The molecule has 0 fully saturated rings. The molecule has 0 bridgehead atoms. The number of hydrogen-bond acceptors (Lipinski definition) is 7. The average Bonchev–Trinajstić information content (AvgIpc) is 2.65. The summed E-state index contributed by atoms with van der Waals surface area (Å²) in [6.07, 6.45) is 0. The quantitative estimate of drug-likeness (QED) is 0.516. The van der Waals surface area contributed by atoms with Crippen LogP contribution in [0.4, 0.5) is 11.4 Å². The highest BCUT2D eigenvalue weighted by molar-refractivity contribution is 7.81. The van der Waals surface area contributed by atoms with Gasteiger partial charge in [0, 0.05) is 17.1 Å². The summed E-state index contributed by atoms with van der Waals surface area (Å²) < 4.78 is 0. The Morgan fingerprint density at radius 3 is 2.26 bits per heavy atom. The molecule has 1 heterocycles. The Bertz CT molecular complexity index is 559. The van der Waals surface area contributed by atoms with Crippen LogP contribution in [-0.2, 0) is 0 Å². The molecule has 0 saturated carbocycles. The van der Waals surface area contributed by atoms with E-state index in [-0.39, 0.29) is 5.69 Å². The van der Waals surface area contributed by atoms with Gasteiger partial charge in [0.15, 0.2) is 5.37 Å². The first-order valence-corrected chi connectivity index (χ1v) is 5.84. The van der Waals surface area contributed by atoms with E-state index in [4.69, 9.17) is 0 Å². The molecule has 0 amide bonds. The van der Waals surface area contributed by atoms with Crippen LogP contribution in [-0.4, -0.2) is 27.0 Å². The van der Waals surface area contributed by atoms with Crippen molar-refractivity contribution in [2.24, 2.45) is 5.10 Å². The summed E-state index contributed by atoms with van der Waals surface area (Å²) in [7, 11) is 0. The third kappa shape index (κ3) is 2.36. The SMILES string of the molecule is CC1=NN(c2ccc([N+](=O)[O-])cc2)C(S)C1[N+](=O)[O-]. The molecule has 2 unspecified atom stereocenters. The van der Waals surface area contributed by atoms with Crippen molar-refractivity contribution in [2.75, 3.05) is 5.01 Å². The van der Waals surface area contributed by atoms with E-state index in [1.54, 1.807) is 6.92 Å². The third-order valence-corrected chi connectivity index (χ3v) is 3.28. The fourth-order valence-corrected chi connectivity index (χ4v) is 2.35. The summed E-state index contributed by atoms with van der Waals surface area (Å²) >= 11 is 4.19. The number of nitrogens with zero attached hydrogens (tertiary/aromatic N) is 4. The van der Waals surface area contributed by atoms with E-state index in [0.717, 1.165) is 0 Å². The van der Waals surface area contributed by atoms with Crippen LogP contribution in [0.2, 0.25) is 0 Å². The van der Waals surface area contributed by atoms with Crippen LogP contribution in [0, 0.1) is 20.2 Å². The smallest absolute Gasteiger partial charge is 0.264 e. The van der Waals surface area contributed by atoms with Crippen molar-refractivity contribution in [3.8, 4) is 0 Å². The van der Waals surface area contributed by atoms with Crippen LogP contribution in [0.3, 0.4) is 0 Å². The topological polar surface area (TPSA) is 102 Å². The second-order valence-corrected chi connectivity index (χ2v) is 4.53. The van der Waals surface area contributed by atoms with Gasteiger partial charge in [0.1, 0.15) is 5.71 Å². The van der Waals surface area contributed by atoms with Crippen molar-refractivity contribution in [1.29, 1.82) is 0 Å². The Kier molecular flexibility index (Phi) is 3.38. The fourth-order valence-electron chi connectivity index (χ4n) is 1.84. The Labute approximate surface area is 113 Å². The fraction of sp³-hybridized carbons (Fsp3) is 0.300. The molecule has 0 aliphatic carbocycles. The van der Waals surface area contributed by atoms with E-state index in [1.165, 1.54) is 29.3 Å². The Hall–Kier alpha value is -2.16. The zero-order valence-electron chi connectivity index (χ0n) is 9.83. The largest absolute Gasteiger partial charge is 0.283 e. The number of anilines is 1. The number of hydrazone groups is 1. The normalized spacial score (nSPS) is 22.2. The van der Waals surface area contributed by atoms with Crippen LogP contribution in [0.15, 0.2) is 29.4 Å². The number of thiol groups is 1. The van der Waals surface area contributed by atoms with E-state index in [9.17, 15) is 20.2 Å². The maximum atomic E-state index is 10.9. The first kappa shape index (κ1) is 13.3. The number of non-ortho nitro benzene ring substituents is 1. The molecule has 1 aromatic rings. The molecule has 2 atom stereocenters. The molecule has 1 aromatic carbocycles. The monoisotopic (exact) mass is 282 g/mol. The molecule has 2 rings (SSSR count).